The molecule has 3 unspecified atom stereocenters. The van der Waals surface area contributed by atoms with Crippen LogP contribution in [0, 0.1) is 20.8 Å². The molecule has 3 aliphatic heterocycles. The predicted molar refractivity (Wildman–Crippen MR) is 446 cm³/mol. The van der Waals surface area contributed by atoms with Crippen LogP contribution in [0.5, 0.6) is 17.2 Å². The number of pyridine rings is 3. The van der Waals surface area contributed by atoms with Gasteiger partial charge in [-0.2, -0.15) is 0 Å². The molecule has 3 N–H and O–H groups in total. The van der Waals surface area contributed by atoms with Gasteiger partial charge < -0.3 is 66.8 Å². The maximum Gasteiger partial charge on any atom is 0.489 e. The summed E-state index contributed by atoms with van der Waals surface area (Å²) in [5.41, 5.74) is 11.2. The summed E-state index contributed by atoms with van der Waals surface area (Å²) in [6.45, 7) is 31.6. The summed E-state index contributed by atoms with van der Waals surface area (Å²) in [6.07, 6.45) is 9.32. The molecule has 604 valence electrons. The van der Waals surface area contributed by atoms with Crippen LogP contribution in [0.15, 0.2) is 124 Å². The molecule has 0 bridgehead atoms. The van der Waals surface area contributed by atoms with E-state index in [0.717, 1.165) is 160 Å². The van der Waals surface area contributed by atoms with E-state index in [1.807, 2.05) is 132 Å². The number of benzene rings is 3. The number of alkyl halides is 2. The van der Waals surface area contributed by atoms with Crippen LogP contribution in [-0.4, -0.2) is 113 Å². The second-order valence-corrected chi connectivity index (χ2v) is 37.1. The van der Waals surface area contributed by atoms with Crippen LogP contribution in [0.4, 0.5) is 0 Å². The molecule has 9 heterocycles. The van der Waals surface area contributed by atoms with E-state index < -0.39 is 60.1 Å². The van der Waals surface area contributed by atoms with Crippen LogP contribution in [0.1, 0.15) is 175 Å². The Labute approximate surface area is 685 Å². The van der Waals surface area contributed by atoms with Crippen molar-refractivity contribution in [3.63, 3.8) is 0 Å². The number of aromatic nitrogens is 3. The number of ether oxygens (including phenoxy) is 8. The molecule has 26 heteroatoms. The number of esters is 2. The van der Waals surface area contributed by atoms with E-state index in [1.165, 1.54) is 72.6 Å². The maximum atomic E-state index is 13.2. The fourth-order valence-corrected chi connectivity index (χ4v) is 17.9. The number of aryl methyl sites for hydroxylation is 9. The van der Waals surface area contributed by atoms with Crippen molar-refractivity contribution < 1.29 is 88.6 Å². The van der Waals surface area contributed by atoms with E-state index in [1.54, 1.807) is 69.2 Å². The van der Waals surface area contributed by atoms with Crippen LogP contribution in [0.2, 0.25) is 4.34 Å². The normalized spacial score (nSPS) is 13.8. The van der Waals surface area contributed by atoms with Crippen molar-refractivity contribution in [3.8, 4) is 71.5 Å². The van der Waals surface area contributed by atoms with E-state index >= 15 is 0 Å². The molecule has 0 aliphatic carbocycles. The number of halogens is 2. The molecule has 0 saturated carbocycles. The van der Waals surface area contributed by atoms with Crippen molar-refractivity contribution in [2.75, 3.05) is 42.4 Å². The van der Waals surface area contributed by atoms with Gasteiger partial charge in [0.2, 0.25) is 16.7 Å². The minimum atomic E-state index is -1.51. The number of hydrogen-bond acceptors (Lipinski definition) is 19. The molecule has 0 spiro atoms. The van der Waals surface area contributed by atoms with Crippen LogP contribution in [0.3, 0.4) is 0 Å². The van der Waals surface area contributed by atoms with Gasteiger partial charge in [0.1, 0.15) is 21.6 Å². The minimum absolute atomic E-state index is 0.0739. The predicted octanol–water partition coefficient (Wildman–Crippen LogP) is 13.5. The van der Waals surface area contributed by atoms with E-state index in [2.05, 4.69) is 30.1 Å². The third kappa shape index (κ3) is 23.7. The Kier molecular flexibility index (Phi) is 32.1. The van der Waals surface area contributed by atoms with E-state index in [-0.39, 0.29) is 23.3 Å². The molecule has 9 aromatic rings. The summed E-state index contributed by atoms with van der Waals surface area (Å²) in [7, 11) is 3.50. The largest absolute Gasteiger partial charge is 0.493 e. The van der Waals surface area contributed by atoms with Gasteiger partial charge in [-0.15, -0.1) is 34.0 Å². The first-order chi connectivity index (χ1) is 52.9. The molecule has 12 rings (SSSR count). The Balaban J connectivity index is 0.000000192. The first-order valence-electron chi connectivity index (χ1n) is 37.6. The zero-order chi connectivity index (χ0) is 82.3. The topological polar surface area (TPSA) is 252 Å². The summed E-state index contributed by atoms with van der Waals surface area (Å²) in [6, 6.07) is 27.8. The van der Waals surface area contributed by atoms with Gasteiger partial charge in [-0.25, -0.2) is 14.4 Å². The maximum absolute atomic E-state index is 13.2. The Morgan fingerprint density at radius 2 is 0.848 bits per heavy atom. The second kappa shape index (κ2) is 40.1. The number of rotatable bonds is 19. The number of hydrogen-bond donors (Lipinski definition) is 3. The van der Waals surface area contributed by atoms with Crippen molar-refractivity contribution in [2.24, 2.45) is 21.1 Å². The number of carbonyl (C=O) groups excluding carboxylic acids is 2. The standard InChI is InChI=1S/C28H33NO5S.C26H29NO5S.C22H27ClO4S.C6H8BNO3.C4H10I/c1-7-32-27(31)25(34-28(3,4)5)23-17(2)35-26(20-11-13-22(30)29(6)16-20)24(23)19-10-12-21-18(15-19)9-8-14-33-21;1-15-21(23(25(29)30)32-26(2,3)4)22(17-8-10-19-16(13-17)7-6-12-31-19)24(33-15)18-9-11-20(28)27(5)14-18;1-6-25-21(24)19(27-22(3,4)5)17-13(2)28-20(23)18(17)15-9-10-16-14(12-15)8-7-11-26-16;1-8-4-5(7(10)11)2-3-6(8)9;1-3-4-5-2/h10-13,15-16,25H,7-9,14H2,1-6H3;8-11,13-14,23H,6-7,12H2,1-5H3,(H,29,30);9-10,12,19H,6-8,11H2,1-5H3;2-4,10-11H,1H3;3-4H2,1-2H3/q;;;;-1. The molecular formula is C86H107BClIN3O17S3-. The first-order valence-corrected chi connectivity index (χ1v) is 44.1. The number of thiophene rings is 3. The zero-order valence-corrected chi connectivity index (χ0v) is 73.1. The van der Waals surface area contributed by atoms with E-state index in [4.69, 9.17) is 59.5 Å². The van der Waals surface area contributed by atoms with Gasteiger partial charge in [-0.05, 0) is 223 Å². The molecule has 0 fully saturated rings. The van der Waals surface area contributed by atoms with Crippen molar-refractivity contribution in [1.82, 2.24) is 13.7 Å². The number of nitrogens with zero attached hydrogens (tertiary/aromatic N) is 3. The molecule has 3 atom stereocenters. The number of aliphatic carboxylic acids is 1. The second-order valence-electron chi connectivity index (χ2n) is 30.2. The summed E-state index contributed by atoms with van der Waals surface area (Å²) in [5, 5.41) is 27.5. The summed E-state index contributed by atoms with van der Waals surface area (Å²) in [4.78, 5) is 80.3. The van der Waals surface area contributed by atoms with Gasteiger partial charge in [0, 0.05) is 127 Å². The average Bonchev–Trinajstić information content (AvgIpc) is 1.59. The van der Waals surface area contributed by atoms with E-state index in [9.17, 15) is 33.9 Å². The van der Waals surface area contributed by atoms with Gasteiger partial charge in [-0.1, -0.05) is 35.9 Å². The molecule has 3 aliphatic rings. The Hall–Kier alpha value is -7.70. The third-order valence-electron chi connectivity index (χ3n) is 17.8. The fraction of sp³-hybridized carbons (Fsp3) is 0.442. The van der Waals surface area contributed by atoms with Gasteiger partial charge in [0.15, 0.2) is 18.3 Å². The SMILES string of the molecule is CCC[I-]C.CCOC(=O)C(OC(C)(C)C)c1c(C)sc(-c2ccc(=O)n(C)c2)c1-c1ccc2c(c1)CCCO2.CCOC(=O)C(OC(C)(C)C)c1c(C)sc(Cl)c1-c1ccc2c(c1)CCCO2.Cc1sc(-c2ccc(=O)n(C)c2)c(-c2ccc3c(c2)CCCO3)c1C(OC(C)(C)C)C(=O)O.Cn1cc(B(O)O)ccc1=O. The number of carbonyl (C=O) groups is 3. The Morgan fingerprint density at radius 3 is 1.18 bits per heavy atom. The quantitative estimate of drug-likeness (QED) is 0.0294. The Bertz CT molecular complexity index is 4950. The van der Waals surface area contributed by atoms with Crippen LogP contribution in [0.25, 0.3) is 54.3 Å². The monoisotopic (exact) mass is 1720 g/mol. The van der Waals surface area contributed by atoms with E-state index in [0.29, 0.717) is 49.8 Å². The number of carboxylic acids is 1. The van der Waals surface area contributed by atoms with Gasteiger partial charge >= 0.3 is 68.9 Å². The van der Waals surface area contributed by atoms with Crippen LogP contribution >= 0.6 is 45.6 Å². The smallest absolute Gasteiger partial charge is 0.489 e. The van der Waals surface area contributed by atoms with Gasteiger partial charge in [0.05, 0.1) is 49.8 Å². The van der Waals surface area contributed by atoms with Crippen molar-refractivity contribution in [2.45, 2.75) is 184 Å². The van der Waals surface area contributed by atoms with Crippen LogP contribution < -0.4 is 57.6 Å². The molecule has 0 radical (unpaired) electrons. The average molecular weight is 1720 g/mol. The van der Waals surface area contributed by atoms with Gasteiger partial charge in [0.25, 0.3) is 0 Å². The molecule has 20 nitrogen and oxygen atoms in total. The molecule has 112 heavy (non-hydrogen) atoms. The summed E-state index contributed by atoms with van der Waals surface area (Å²) >= 11 is 11.8. The van der Waals surface area contributed by atoms with Gasteiger partial charge in [-0.3, -0.25) is 14.4 Å². The molecule has 6 aromatic heterocycles. The first kappa shape index (κ1) is 89.9. The summed E-state index contributed by atoms with van der Waals surface area (Å²) < 4.78 is 53.3. The minimum Gasteiger partial charge on any atom is -0.493 e. The molecular weight excluding hydrogens is 1620 g/mol. The van der Waals surface area contributed by atoms with Crippen molar-refractivity contribution in [1.29, 1.82) is 0 Å². The molecule has 0 amide bonds. The van der Waals surface area contributed by atoms with Crippen molar-refractivity contribution >= 4 is 76.1 Å². The Morgan fingerprint density at radius 1 is 0.509 bits per heavy atom. The van der Waals surface area contributed by atoms with Crippen molar-refractivity contribution in [3.05, 3.63) is 193 Å². The molecule has 3 aromatic carbocycles. The number of carboxylic acid groups (broad SMARTS) is 1. The number of fused-ring (bicyclic) bond motifs is 3. The molecule has 0 saturated heterocycles. The third-order valence-corrected chi connectivity index (χ3v) is 23.7. The van der Waals surface area contributed by atoms with Crippen LogP contribution in [-0.2, 0) is 78.5 Å². The zero-order valence-electron chi connectivity index (χ0n) is 67.8. The fourth-order valence-electron chi connectivity index (χ4n) is 13.0. The summed E-state index contributed by atoms with van der Waals surface area (Å²) in [5.74, 6) is 0.885.